The highest BCUT2D eigenvalue weighted by atomic mass is 35.5. The van der Waals surface area contributed by atoms with Crippen LogP contribution >= 0.6 is 11.6 Å². The van der Waals surface area contributed by atoms with Crippen molar-refractivity contribution in [2.24, 2.45) is 0 Å². The molecule has 0 aliphatic heterocycles. The highest BCUT2D eigenvalue weighted by Gasteiger charge is 2.14. The molecule has 7 nitrogen and oxygen atoms in total. The summed E-state index contributed by atoms with van der Waals surface area (Å²) in [5, 5.41) is 32.6. The van der Waals surface area contributed by atoms with E-state index in [2.05, 4.69) is 21.6 Å². The fraction of sp³-hybridized carbons (Fsp3) is 0.286. The van der Waals surface area contributed by atoms with E-state index in [9.17, 15) is 5.26 Å². The molecule has 2 N–H and O–H groups in total. The van der Waals surface area contributed by atoms with E-state index >= 15 is 0 Å². The smallest absolute Gasteiger partial charge is 0.159 e. The van der Waals surface area contributed by atoms with Gasteiger partial charge in [-0.1, -0.05) is 17.7 Å². The molecule has 0 atom stereocenters. The van der Waals surface area contributed by atoms with Crippen LogP contribution in [0.15, 0.2) is 36.4 Å². The highest BCUT2D eigenvalue weighted by Crippen LogP contribution is 2.30. The van der Waals surface area contributed by atoms with Crippen molar-refractivity contribution in [3.63, 3.8) is 0 Å². The number of hydrogen-bond acceptors (Lipinski definition) is 7. The number of benzene rings is 2. The van der Waals surface area contributed by atoms with Crippen molar-refractivity contribution in [2.75, 3.05) is 37.5 Å². The van der Waals surface area contributed by atoms with Crippen LogP contribution in [0, 0.1) is 11.3 Å². The Labute approximate surface area is 174 Å². The van der Waals surface area contributed by atoms with Gasteiger partial charge in [0.1, 0.15) is 5.75 Å². The molecule has 0 saturated carbocycles. The van der Waals surface area contributed by atoms with Gasteiger partial charge < -0.3 is 20.1 Å². The van der Waals surface area contributed by atoms with Crippen molar-refractivity contribution in [2.45, 2.75) is 13.0 Å². The second-order valence-corrected chi connectivity index (χ2v) is 6.97. The van der Waals surface area contributed by atoms with Crippen molar-refractivity contribution in [1.82, 2.24) is 10.2 Å². The number of nitrogens with zero attached hydrogens (tertiary/aromatic N) is 4. The van der Waals surface area contributed by atoms with Gasteiger partial charge in [-0.15, -0.1) is 10.2 Å². The molecule has 3 aromatic rings. The number of nitriles is 1. The molecule has 0 fully saturated rings. The van der Waals surface area contributed by atoms with Crippen LogP contribution in [0.5, 0.6) is 5.75 Å². The lowest BCUT2D eigenvalue weighted by atomic mass is 10.1. The maximum absolute atomic E-state index is 9.30. The number of rotatable bonds is 8. The van der Waals surface area contributed by atoms with Crippen LogP contribution in [0.1, 0.15) is 17.5 Å². The van der Waals surface area contributed by atoms with Crippen LogP contribution in [0.2, 0.25) is 5.02 Å². The van der Waals surface area contributed by atoms with Crippen LogP contribution in [-0.2, 0) is 6.54 Å². The van der Waals surface area contributed by atoms with Crippen molar-refractivity contribution < 1.29 is 9.84 Å². The third-order valence-corrected chi connectivity index (χ3v) is 4.87. The lowest BCUT2D eigenvalue weighted by Gasteiger charge is -2.20. The van der Waals surface area contributed by atoms with Crippen LogP contribution in [-0.4, -0.2) is 42.6 Å². The predicted molar refractivity (Wildman–Crippen MR) is 115 cm³/mol. The Morgan fingerprint density at radius 1 is 1.21 bits per heavy atom. The van der Waals surface area contributed by atoms with Crippen molar-refractivity contribution in [1.29, 1.82) is 5.26 Å². The first-order valence-electron chi connectivity index (χ1n) is 9.16. The van der Waals surface area contributed by atoms with Gasteiger partial charge in [0, 0.05) is 37.5 Å². The number of hydrogen-bond donors (Lipinski definition) is 2. The summed E-state index contributed by atoms with van der Waals surface area (Å²) in [6.45, 7) is 1.25. The summed E-state index contributed by atoms with van der Waals surface area (Å²) in [6, 6.07) is 13.2. The average molecular weight is 412 g/mol. The van der Waals surface area contributed by atoms with Gasteiger partial charge in [-0.2, -0.15) is 5.26 Å². The fourth-order valence-corrected chi connectivity index (χ4v) is 3.32. The zero-order valence-electron chi connectivity index (χ0n) is 16.3. The van der Waals surface area contributed by atoms with Gasteiger partial charge in [-0.05, 0) is 42.3 Å². The summed E-state index contributed by atoms with van der Waals surface area (Å²) in [7, 11) is 3.48. The zero-order valence-corrected chi connectivity index (χ0v) is 17.1. The first-order chi connectivity index (χ1) is 14.1. The van der Waals surface area contributed by atoms with E-state index in [0.29, 0.717) is 47.5 Å². The molecule has 0 spiro atoms. The molecule has 3 rings (SSSR count). The van der Waals surface area contributed by atoms with Gasteiger partial charge >= 0.3 is 0 Å². The zero-order chi connectivity index (χ0) is 20.8. The van der Waals surface area contributed by atoms with E-state index in [4.69, 9.17) is 21.4 Å². The second kappa shape index (κ2) is 9.41. The maximum atomic E-state index is 9.30. The van der Waals surface area contributed by atoms with Gasteiger partial charge in [0.15, 0.2) is 11.6 Å². The highest BCUT2D eigenvalue weighted by molar-refractivity contribution is 6.32. The van der Waals surface area contributed by atoms with Crippen LogP contribution in [0.25, 0.3) is 10.8 Å². The number of nitrogens with one attached hydrogen (secondary N) is 1. The molecule has 0 aliphatic rings. The first kappa shape index (κ1) is 20.6. The maximum Gasteiger partial charge on any atom is 0.159 e. The largest absolute Gasteiger partial charge is 0.495 e. The number of methoxy groups -OCH3 is 1. The van der Waals surface area contributed by atoms with Crippen molar-refractivity contribution >= 4 is 34.0 Å². The minimum Gasteiger partial charge on any atom is -0.495 e. The minimum atomic E-state index is 0.109. The molecule has 0 amide bonds. The van der Waals surface area contributed by atoms with Gasteiger partial charge in [0.05, 0.1) is 23.8 Å². The Morgan fingerprint density at radius 3 is 2.72 bits per heavy atom. The molecule has 150 valence electrons. The Bertz CT molecular complexity index is 1050. The summed E-state index contributed by atoms with van der Waals surface area (Å²) < 4.78 is 5.18. The SMILES string of the molecule is COc1ccc(CNc2nnc(N(C)CCCO)c3ccc(C#N)cc23)cc1Cl. The quantitative estimate of drug-likeness (QED) is 0.584. The molecule has 0 bridgehead atoms. The second-order valence-electron chi connectivity index (χ2n) is 6.57. The molecule has 1 heterocycles. The third kappa shape index (κ3) is 4.67. The molecule has 0 aliphatic carbocycles. The normalized spacial score (nSPS) is 10.6. The number of aliphatic hydroxyl groups excluding tert-OH is 1. The molecular formula is C21H22ClN5O2. The topological polar surface area (TPSA) is 94.3 Å². The molecular weight excluding hydrogens is 390 g/mol. The van der Waals surface area contributed by atoms with E-state index < -0.39 is 0 Å². The van der Waals surface area contributed by atoms with Crippen LogP contribution in [0.3, 0.4) is 0 Å². The van der Waals surface area contributed by atoms with E-state index in [0.717, 1.165) is 16.3 Å². The lowest BCUT2D eigenvalue weighted by Crippen LogP contribution is -2.21. The summed E-state index contributed by atoms with van der Waals surface area (Å²) >= 11 is 6.20. The van der Waals surface area contributed by atoms with E-state index in [-0.39, 0.29) is 6.61 Å². The van der Waals surface area contributed by atoms with Crippen molar-refractivity contribution in [3.05, 3.63) is 52.5 Å². The van der Waals surface area contributed by atoms with Crippen LogP contribution < -0.4 is 15.0 Å². The number of ether oxygens (including phenoxy) is 1. The lowest BCUT2D eigenvalue weighted by molar-refractivity contribution is 0.290. The number of aliphatic hydroxyl groups is 1. The number of fused-ring (bicyclic) bond motifs is 1. The van der Waals surface area contributed by atoms with E-state index in [1.54, 1.807) is 19.2 Å². The number of anilines is 2. The Morgan fingerprint density at radius 2 is 2.03 bits per heavy atom. The number of aromatic nitrogens is 2. The molecule has 2 aromatic carbocycles. The number of halogens is 1. The van der Waals surface area contributed by atoms with Gasteiger partial charge in [-0.25, -0.2) is 0 Å². The van der Waals surface area contributed by atoms with Gasteiger partial charge in [-0.3, -0.25) is 0 Å². The van der Waals surface area contributed by atoms with E-state index in [1.165, 1.54) is 0 Å². The third-order valence-electron chi connectivity index (χ3n) is 4.58. The Hall–Kier alpha value is -3.08. The molecule has 0 unspecified atom stereocenters. The standard InChI is InChI=1S/C21H22ClN5O2/c1-27(8-3-9-28)21-16-6-4-14(12-23)10-17(16)20(25-26-21)24-13-15-5-7-19(29-2)18(22)11-15/h4-7,10-11,28H,3,8-9,13H2,1-2H3,(H,24,25). The Balaban J connectivity index is 1.93. The summed E-state index contributed by atoms with van der Waals surface area (Å²) in [5.41, 5.74) is 1.51. The molecule has 29 heavy (non-hydrogen) atoms. The summed E-state index contributed by atoms with van der Waals surface area (Å²) in [6.07, 6.45) is 0.633. The minimum absolute atomic E-state index is 0.109. The Kier molecular flexibility index (Phi) is 6.70. The van der Waals surface area contributed by atoms with Crippen LogP contribution in [0.4, 0.5) is 11.6 Å². The van der Waals surface area contributed by atoms with Gasteiger partial charge in [0.2, 0.25) is 0 Å². The van der Waals surface area contributed by atoms with Crippen molar-refractivity contribution in [3.8, 4) is 11.8 Å². The fourth-order valence-electron chi connectivity index (χ4n) is 3.04. The molecule has 0 saturated heterocycles. The summed E-state index contributed by atoms with van der Waals surface area (Å²) in [4.78, 5) is 1.95. The summed E-state index contributed by atoms with van der Waals surface area (Å²) in [5.74, 6) is 1.91. The average Bonchev–Trinajstić information content (AvgIpc) is 2.75. The predicted octanol–water partition coefficient (Wildman–Crippen LogP) is 3.59. The first-order valence-corrected chi connectivity index (χ1v) is 9.54. The monoisotopic (exact) mass is 411 g/mol. The molecule has 0 radical (unpaired) electrons. The van der Waals surface area contributed by atoms with Gasteiger partial charge in [0.25, 0.3) is 0 Å². The van der Waals surface area contributed by atoms with E-state index in [1.807, 2.05) is 36.2 Å². The molecule has 1 aromatic heterocycles. The molecule has 8 heteroatoms.